The molecule has 0 amide bonds. The minimum atomic E-state index is -4.07. The third-order valence-electron chi connectivity index (χ3n) is 5.22. The van der Waals surface area contributed by atoms with E-state index in [2.05, 4.69) is 20.1 Å². The van der Waals surface area contributed by atoms with E-state index in [4.69, 9.17) is 9.47 Å². The zero-order valence-corrected chi connectivity index (χ0v) is 20.8. The predicted molar refractivity (Wildman–Crippen MR) is 134 cm³/mol. The number of benzene rings is 3. The number of anilines is 1. The topological polar surface area (TPSA) is 142 Å². The molecule has 0 spiro atoms. The SMILES string of the molecule is CCOC(=O)c1cccc(S(=O)(=O)Nc2ccccc2-c2nnn(CC(=O)c3ccc(OC)cc3)n2)c1. The van der Waals surface area contributed by atoms with Crippen molar-refractivity contribution in [1.82, 2.24) is 20.2 Å². The van der Waals surface area contributed by atoms with E-state index < -0.39 is 16.0 Å². The summed E-state index contributed by atoms with van der Waals surface area (Å²) in [6.07, 6.45) is 0. The van der Waals surface area contributed by atoms with Crippen LogP contribution in [0.25, 0.3) is 11.4 Å². The van der Waals surface area contributed by atoms with Crippen LogP contribution in [0.2, 0.25) is 0 Å². The van der Waals surface area contributed by atoms with Crippen molar-refractivity contribution in [1.29, 1.82) is 0 Å². The first-order valence-corrected chi connectivity index (χ1v) is 12.6. The summed E-state index contributed by atoms with van der Waals surface area (Å²) < 4.78 is 38.7. The van der Waals surface area contributed by atoms with Crippen LogP contribution in [0.3, 0.4) is 0 Å². The van der Waals surface area contributed by atoms with Crippen molar-refractivity contribution in [2.24, 2.45) is 0 Å². The second-order valence-electron chi connectivity index (χ2n) is 7.69. The van der Waals surface area contributed by atoms with Gasteiger partial charge in [-0.2, -0.15) is 4.80 Å². The number of rotatable bonds is 10. The molecule has 1 aromatic heterocycles. The Kier molecular flexibility index (Phi) is 7.58. The minimum Gasteiger partial charge on any atom is -0.497 e. The Labute approximate surface area is 213 Å². The molecule has 3 aromatic carbocycles. The molecule has 0 atom stereocenters. The fourth-order valence-corrected chi connectivity index (χ4v) is 4.52. The minimum absolute atomic E-state index is 0.115. The molecule has 0 radical (unpaired) electrons. The highest BCUT2D eigenvalue weighted by molar-refractivity contribution is 7.92. The van der Waals surface area contributed by atoms with Crippen LogP contribution in [0.5, 0.6) is 5.75 Å². The van der Waals surface area contributed by atoms with Crippen LogP contribution in [-0.4, -0.2) is 54.1 Å². The van der Waals surface area contributed by atoms with Crippen molar-refractivity contribution in [2.75, 3.05) is 18.4 Å². The molecule has 0 fully saturated rings. The molecule has 0 aliphatic heterocycles. The van der Waals surface area contributed by atoms with Crippen molar-refractivity contribution in [2.45, 2.75) is 18.4 Å². The number of Topliss-reactive ketones (excluding diaryl/α,β-unsaturated/α-hetero) is 1. The molecule has 37 heavy (non-hydrogen) atoms. The first-order valence-electron chi connectivity index (χ1n) is 11.1. The Bertz CT molecular complexity index is 1530. The van der Waals surface area contributed by atoms with E-state index in [1.54, 1.807) is 55.5 Å². The monoisotopic (exact) mass is 521 g/mol. The van der Waals surface area contributed by atoms with Gasteiger partial charge in [-0.3, -0.25) is 9.52 Å². The summed E-state index contributed by atoms with van der Waals surface area (Å²) in [6, 6.07) is 18.7. The zero-order valence-electron chi connectivity index (χ0n) is 20.0. The van der Waals surface area contributed by atoms with E-state index in [0.717, 1.165) is 4.80 Å². The maximum Gasteiger partial charge on any atom is 0.338 e. The van der Waals surface area contributed by atoms with Crippen LogP contribution < -0.4 is 9.46 Å². The van der Waals surface area contributed by atoms with Crippen molar-refractivity contribution in [3.05, 3.63) is 83.9 Å². The van der Waals surface area contributed by atoms with Gasteiger partial charge in [0.2, 0.25) is 5.82 Å². The van der Waals surface area contributed by atoms with Gasteiger partial charge in [0.1, 0.15) is 12.3 Å². The number of aromatic nitrogens is 4. The molecular formula is C25H23N5O6S. The van der Waals surface area contributed by atoms with E-state index in [9.17, 15) is 18.0 Å². The van der Waals surface area contributed by atoms with Gasteiger partial charge in [-0.1, -0.05) is 18.2 Å². The Hall–Kier alpha value is -4.58. The lowest BCUT2D eigenvalue weighted by molar-refractivity contribution is 0.0526. The number of methoxy groups -OCH3 is 1. The Morgan fingerprint density at radius 3 is 2.46 bits per heavy atom. The largest absolute Gasteiger partial charge is 0.497 e. The highest BCUT2D eigenvalue weighted by atomic mass is 32.2. The standard InChI is InChI=1S/C25H23N5O6S/c1-3-36-25(32)18-7-6-8-20(15-18)37(33,34)28-22-10-5-4-9-21(22)24-26-29-30(27-24)16-23(31)17-11-13-19(35-2)14-12-17/h4-15,28H,3,16H2,1-2H3. The average Bonchev–Trinajstić information content (AvgIpc) is 3.37. The van der Waals surface area contributed by atoms with Crippen molar-refractivity contribution in [3.63, 3.8) is 0 Å². The lowest BCUT2D eigenvalue weighted by Gasteiger charge is -2.11. The summed E-state index contributed by atoms with van der Waals surface area (Å²) in [4.78, 5) is 25.6. The van der Waals surface area contributed by atoms with Gasteiger partial charge in [-0.05, 0) is 66.7 Å². The summed E-state index contributed by atoms with van der Waals surface area (Å²) in [5.41, 5.74) is 1.13. The molecular weight excluding hydrogens is 498 g/mol. The molecule has 0 saturated heterocycles. The maximum absolute atomic E-state index is 13.1. The summed E-state index contributed by atoms with van der Waals surface area (Å²) in [5.74, 6) is -0.0995. The normalized spacial score (nSPS) is 11.1. The van der Waals surface area contributed by atoms with Gasteiger partial charge in [0.05, 0.1) is 29.9 Å². The Morgan fingerprint density at radius 1 is 0.973 bits per heavy atom. The summed E-state index contributed by atoms with van der Waals surface area (Å²) >= 11 is 0. The maximum atomic E-state index is 13.1. The van der Waals surface area contributed by atoms with Gasteiger partial charge in [0.25, 0.3) is 10.0 Å². The summed E-state index contributed by atoms with van der Waals surface area (Å²) in [6.45, 7) is 1.67. The molecule has 1 heterocycles. The lowest BCUT2D eigenvalue weighted by atomic mass is 10.1. The predicted octanol–water partition coefficient (Wildman–Crippen LogP) is 3.21. The highest BCUT2D eigenvalue weighted by Gasteiger charge is 2.20. The number of carbonyl (C=O) groups excluding carboxylic acids is 2. The third kappa shape index (κ3) is 5.98. The van der Waals surface area contributed by atoms with Gasteiger partial charge in [-0.25, -0.2) is 13.2 Å². The van der Waals surface area contributed by atoms with E-state index >= 15 is 0 Å². The second kappa shape index (κ2) is 11.0. The molecule has 0 saturated carbocycles. The first-order chi connectivity index (χ1) is 17.8. The molecule has 11 nitrogen and oxygen atoms in total. The van der Waals surface area contributed by atoms with Crippen LogP contribution in [0.15, 0.2) is 77.7 Å². The molecule has 4 rings (SSSR count). The number of nitrogens with one attached hydrogen (secondary N) is 1. The van der Waals surface area contributed by atoms with Crippen LogP contribution in [0.4, 0.5) is 5.69 Å². The number of esters is 1. The van der Waals surface area contributed by atoms with Crippen molar-refractivity contribution in [3.8, 4) is 17.1 Å². The molecule has 1 N–H and O–H groups in total. The second-order valence-corrected chi connectivity index (χ2v) is 9.38. The van der Waals surface area contributed by atoms with Crippen LogP contribution in [0.1, 0.15) is 27.6 Å². The summed E-state index contributed by atoms with van der Waals surface area (Å²) in [5, 5.41) is 12.2. The number of nitrogens with zero attached hydrogens (tertiary/aromatic N) is 4. The van der Waals surface area contributed by atoms with Crippen molar-refractivity contribution >= 4 is 27.5 Å². The van der Waals surface area contributed by atoms with Crippen molar-refractivity contribution < 1.29 is 27.5 Å². The molecule has 0 aliphatic carbocycles. The fourth-order valence-electron chi connectivity index (χ4n) is 3.39. The zero-order chi connectivity index (χ0) is 26.4. The number of ether oxygens (including phenoxy) is 2. The molecule has 190 valence electrons. The van der Waals surface area contributed by atoms with Gasteiger partial charge in [-0.15, -0.1) is 10.2 Å². The number of hydrogen-bond acceptors (Lipinski definition) is 9. The van der Waals surface area contributed by atoms with Crippen LogP contribution in [-0.2, 0) is 21.3 Å². The van der Waals surface area contributed by atoms with E-state index in [0.29, 0.717) is 16.9 Å². The fraction of sp³-hybridized carbons (Fsp3) is 0.160. The highest BCUT2D eigenvalue weighted by Crippen LogP contribution is 2.27. The number of sulfonamides is 1. The van der Waals surface area contributed by atoms with E-state index in [1.807, 2.05) is 0 Å². The first kappa shape index (κ1) is 25.5. The van der Waals surface area contributed by atoms with Gasteiger partial charge < -0.3 is 9.47 Å². The molecule has 0 bridgehead atoms. The summed E-state index contributed by atoms with van der Waals surface area (Å²) in [7, 11) is -2.54. The van der Waals surface area contributed by atoms with Crippen LogP contribution >= 0.6 is 0 Å². The third-order valence-corrected chi connectivity index (χ3v) is 6.58. The Morgan fingerprint density at radius 2 is 1.73 bits per heavy atom. The van der Waals surface area contributed by atoms with Gasteiger partial charge >= 0.3 is 5.97 Å². The number of tetrazole rings is 1. The lowest BCUT2D eigenvalue weighted by Crippen LogP contribution is -2.15. The number of hydrogen-bond donors (Lipinski definition) is 1. The molecule has 0 aliphatic rings. The molecule has 12 heteroatoms. The quantitative estimate of drug-likeness (QED) is 0.246. The Balaban J connectivity index is 1.55. The van der Waals surface area contributed by atoms with Gasteiger partial charge in [0.15, 0.2) is 5.78 Å². The van der Waals surface area contributed by atoms with E-state index in [1.165, 1.54) is 31.4 Å². The smallest absolute Gasteiger partial charge is 0.338 e. The molecule has 4 aromatic rings. The number of carbonyl (C=O) groups is 2. The van der Waals surface area contributed by atoms with E-state index in [-0.39, 0.29) is 40.9 Å². The number of ketones is 1. The van der Waals surface area contributed by atoms with Gasteiger partial charge in [0, 0.05) is 11.1 Å². The number of para-hydroxylation sites is 1. The van der Waals surface area contributed by atoms with Crippen LogP contribution in [0, 0.1) is 0 Å². The average molecular weight is 522 g/mol. The molecule has 0 unspecified atom stereocenters.